The fraction of sp³-hybridized carbons (Fsp3) is 0.429. The van der Waals surface area contributed by atoms with Crippen molar-refractivity contribution < 1.29 is 9.57 Å². The fourth-order valence-corrected chi connectivity index (χ4v) is 3.47. The van der Waals surface area contributed by atoms with E-state index in [0.29, 0.717) is 13.2 Å². The summed E-state index contributed by atoms with van der Waals surface area (Å²) in [6.07, 6.45) is 0. The van der Waals surface area contributed by atoms with Gasteiger partial charge in [-0.15, -0.1) is 0 Å². The van der Waals surface area contributed by atoms with Gasteiger partial charge in [-0.3, -0.25) is 4.90 Å². The first kappa shape index (κ1) is 20.0. The van der Waals surface area contributed by atoms with E-state index in [2.05, 4.69) is 39.5 Å². The minimum Gasteiger partial charge on any atom is -0.497 e. The van der Waals surface area contributed by atoms with Gasteiger partial charge in [0.1, 0.15) is 5.75 Å². The number of hydroxylamine groups is 1. The van der Waals surface area contributed by atoms with Gasteiger partial charge in [0.25, 0.3) is 0 Å². The largest absolute Gasteiger partial charge is 0.497 e. The van der Waals surface area contributed by atoms with Crippen molar-refractivity contribution in [1.82, 2.24) is 10.4 Å². The Morgan fingerprint density at radius 2 is 1.78 bits per heavy atom. The summed E-state index contributed by atoms with van der Waals surface area (Å²) < 4.78 is 5.44. The summed E-state index contributed by atoms with van der Waals surface area (Å²) >= 11 is 5.98. The van der Waals surface area contributed by atoms with Crippen molar-refractivity contribution in [2.75, 3.05) is 44.8 Å². The van der Waals surface area contributed by atoms with Crippen LogP contribution >= 0.6 is 11.6 Å². The number of anilines is 1. The lowest BCUT2D eigenvalue weighted by Crippen LogP contribution is -2.46. The van der Waals surface area contributed by atoms with Crippen LogP contribution < -0.4 is 15.1 Å². The van der Waals surface area contributed by atoms with Gasteiger partial charge >= 0.3 is 0 Å². The Kier molecular flexibility index (Phi) is 7.35. The smallest absolute Gasteiger partial charge is 0.120 e. The number of nitrogens with one attached hydrogen (secondary N) is 1. The van der Waals surface area contributed by atoms with Crippen LogP contribution in [0, 0.1) is 0 Å². The summed E-state index contributed by atoms with van der Waals surface area (Å²) in [6, 6.07) is 14.4. The summed E-state index contributed by atoms with van der Waals surface area (Å²) in [5, 5.41) is 0.787. The van der Waals surface area contributed by atoms with Crippen LogP contribution in [-0.2, 0) is 17.9 Å². The molecule has 2 aromatic rings. The molecular formula is C21H28ClN3O2. The molecule has 0 amide bonds. The minimum absolute atomic E-state index is 0.648. The van der Waals surface area contributed by atoms with Crippen molar-refractivity contribution in [3.8, 4) is 5.75 Å². The molecule has 0 atom stereocenters. The quantitative estimate of drug-likeness (QED) is 0.550. The number of hydrogen-bond donors (Lipinski definition) is 1. The third-order valence-corrected chi connectivity index (χ3v) is 5.09. The molecule has 1 aliphatic rings. The van der Waals surface area contributed by atoms with Gasteiger partial charge in [-0.05, 0) is 36.2 Å². The van der Waals surface area contributed by atoms with Gasteiger partial charge < -0.3 is 14.5 Å². The molecule has 0 radical (unpaired) electrons. The lowest BCUT2D eigenvalue weighted by molar-refractivity contribution is 0.0464. The van der Waals surface area contributed by atoms with E-state index in [0.717, 1.165) is 43.5 Å². The number of nitrogens with zero attached hydrogens (tertiary/aromatic N) is 2. The van der Waals surface area contributed by atoms with Crippen molar-refractivity contribution in [3.63, 3.8) is 0 Å². The molecule has 6 heteroatoms. The van der Waals surface area contributed by atoms with Gasteiger partial charge in [-0.2, -0.15) is 5.48 Å². The molecule has 146 valence electrons. The van der Waals surface area contributed by atoms with Crippen molar-refractivity contribution >= 4 is 17.3 Å². The maximum Gasteiger partial charge on any atom is 0.120 e. The first-order chi connectivity index (χ1) is 13.2. The first-order valence-electron chi connectivity index (χ1n) is 9.43. The molecule has 0 aromatic heterocycles. The SMILES string of the molecule is CCONCc1ccc(OC)cc1N1CCN(Cc2ccc(Cl)cc2)CC1. The summed E-state index contributed by atoms with van der Waals surface area (Å²) in [5.41, 5.74) is 6.76. The molecule has 5 nitrogen and oxygen atoms in total. The number of piperazine rings is 1. The van der Waals surface area contributed by atoms with Gasteiger partial charge in [0.05, 0.1) is 13.7 Å². The van der Waals surface area contributed by atoms with Crippen LogP contribution in [0.2, 0.25) is 5.02 Å². The summed E-state index contributed by atoms with van der Waals surface area (Å²) in [5.74, 6) is 0.883. The van der Waals surface area contributed by atoms with Crippen LogP contribution in [0.15, 0.2) is 42.5 Å². The van der Waals surface area contributed by atoms with Crippen molar-refractivity contribution in [2.24, 2.45) is 0 Å². The molecule has 1 N–H and O–H groups in total. The van der Waals surface area contributed by atoms with Crippen molar-refractivity contribution in [3.05, 3.63) is 58.6 Å². The second kappa shape index (κ2) is 9.95. The van der Waals surface area contributed by atoms with E-state index in [1.807, 2.05) is 25.1 Å². The molecule has 27 heavy (non-hydrogen) atoms. The van der Waals surface area contributed by atoms with E-state index in [1.165, 1.54) is 16.8 Å². The van der Waals surface area contributed by atoms with E-state index in [9.17, 15) is 0 Å². The summed E-state index contributed by atoms with van der Waals surface area (Å²) in [7, 11) is 1.71. The highest BCUT2D eigenvalue weighted by atomic mass is 35.5. The highest BCUT2D eigenvalue weighted by Crippen LogP contribution is 2.27. The summed E-state index contributed by atoms with van der Waals surface area (Å²) in [4.78, 5) is 10.2. The predicted molar refractivity (Wildman–Crippen MR) is 110 cm³/mol. The van der Waals surface area contributed by atoms with Gasteiger partial charge in [0.2, 0.25) is 0 Å². The first-order valence-corrected chi connectivity index (χ1v) is 9.80. The lowest BCUT2D eigenvalue weighted by Gasteiger charge is -2.37. The van der Waals surface area contributed by atoms with Crippen LogP contribution in [0.4, 0.5) is 5.69 Å². The fourth-order valence-electron chi connectivity index (χ4n) is 3.34. The lowest BCUT2D eigenvalue weighted by atomic mass is 10.1. The number of methoxy groups -OCH3 is 1. The molecule has 0 bridgehead atoms. The average molecular weight is 390 g/mol. The number of rotatable bonds is 8. The second-order valence-corrected chi connectivity index (χ2v) is 7.07. The molecule has 0 spiro atoms. The van der Waals surface area contributed by atoms with E-state index in [1.54, 1.807) is 7.11 Å². The number of halogens is 1. The summed E-state index contributed by atoms with van der Waals surface area (Å²) in [6.45, 7) is 8.29. The van der Waals surface area contributed by atoms with Gasteiger partial charge in [-0.1, -0.05) is 29.8 Å². The zero-order chi connectivity index (χ0) is 19.1. The standard InChI is InChI=1S/C21H28ClN3O2/c1-3-27-23-15-18-6-9-20(26-2)14-21(18)25-12-10-24(11-13-25)16-17-4-7-19(22)8-5-17/h4-9,14,23H,3,10-13,15-16H2,1-2H3. The molecule has 1 heterocycles. The Morgan fingerprint density at radius 1 is 1.04 bits per heavy atom. The monoisotopic (exact) mass is 389 g/mol. The van der Waals surface area contributed by atoms with E-state index in [4.69, 9.17) is 21.2 Å². The number of ether oxygens (including phenoxy) is 1. The Morgan fingerprint density at radius 3 is 2.44 bits per heavy atom. The number of benzene rings is 2. The highest BCUT2D eigenvalue weighted by Gasteiger charge is 2.20. The second-order valence-electron chi connectivity index (χ2n) is 6.64. The van der Waals surface area contributed by atoms with Crippen LogP contribution in [0.3, 0.4) is 0 Å². The highest BCUT2D eigenvalue weighted by molar-refractivity contribution is 6.30. The van der Waals surface area contributed by atoms with Crippen molar-refractivity contribution in [1.29, 1.82) is 0 Å². The van der Waals surface area contributed by atoms with E-state index in [-0.39, 0.29) is 0 Å². The maximum absolute atomic E-state index is 5.98. The minimum atomic E-state index is 0.648. The van der Waals surface area contributed by atoms with Gasteiger partial charge in [-0.25, -0.2) is 0 Å². The molecule has 1 saturated heterocycles. The van der Waals surface area contributed by atoms with E-state index < -0.39 is 0 Å². The third kappa shape index (κ3) is 5.59. The molecule has 0 unspecified atom stereocenters. The molecular weight excluding hydrogens is 362 g/mol. The van der Waals surface area contributed by atoms with Gasteiger partial charge in [0, 0.05) is 56.0 Å². The molecule has 3 rings (SSSR count). The molecule has 1 aliphatic heterocycles. The third-order valence-electron chi connectivity index (χ3n) is 4.83. The Bertz CT molecular complexity index is 716. The molecule has 2 aromatic carbocycles. The molecule has 0 aliphatic carbocycles. The number of hydrogen-bond acceptors (Lipinski definition) is 5. The maximum atomic E-state index is 5.98. The van der Waals surface area contributed by atoms with Crippen LogP contribution in [0.5, 0.6) is 5.75 Å². The van der Waals surface area contributed by atoms with Crippen LogP contribution in [0.25, 0.3) is 0 Å². The Hall–Kier alpha value is -1.79. The zero-order valence-corrected chi connectivity index (χ0v) is 16.8. The molecule has 0 saturated carbocycles. The topological polar surface area (TPSA) is 37.0 Å². The average Bonchev–Trinajstić information content (AvgIpc) is 2.71. The predicted octanol–water partition coefficient (Wildman–Crippen LogP) is 3.71. The van der Waals surface area contributed by atoms with E-state index >= 15 is 0 Å². The molecule has 1 fully saturated rings. The van der Waals surface area contributed by atoms with Crippen LogP contribution in [0.1, 0.15) is 18.1 Å². The normalized spacial score (nSPS) is 15.1. The van der Waals surface area contributed by atoms with Crippen molar-refractivity contribution in [2.45, 2.75) is 20.0 Å². The van der Waals surface area contributed by atoms with Gasteiger partial charge in [0.15, 0.2) is 0 Å². The Labute approximate surface area is 166 Å². The van der Waals surface area contributed by atoms with Crippen LogP contribution in [-0.4, -0.2) is 44.8 Å². The zero-order valence-electron chi connectivity index (χ0n) is 16.1. The Balaban J connectivity index is 1.62.